The van der Waals surface area contributed by atoms with E-state index in [1.807, 2.05) is 12.1 Å². The molecule has 1 saturated heterocycles. The molecule has 6 nitrogen and oxygen atoms in total. The van der Waals surface area contributed by atoms with Crippen molar-refractivity contribution in [2.24, 2.45) is 0 Å². The van der Waals surface area contributed by atoms with E-state index in [1.165, 1.54) is 16.4 Å². The molecule has 2 aliphatic heterocycles. The molecule has 2 aliphatic rings. The fourth-order valence-corrected chi connectivity index (χ4v) is 5.14. The van der Waals surface area contributed by atoms with Crippen molar-refractivity contribution in [3.8, 4) is 0 Å². The molecule has 0 bridgehead atoms. The molecule has 3 heterocycles. The van der Waals surface area contributed by atoms with E-state index in [0.29, 0.717) is 47.0 Å². The van der Waals surface area contributed by atoms with E-state index in [9.17, 15) is 9.90 Å². The predicted molar refractivity (Wildman–Crippen MR) is 101 cm³/mol. The third-order valence-corrected chi connectivity index (χ3v) is 6.76. The van der Waals surface area contributed by atoms with Crippen LogP contribution in [0.2, 0.25) is 10.0 Å². The van der Waals surface area contributed by atoms with Crippen molar-refractivity contribution in [3.63, 3.8) is 0 Å². The Morgan fingerprint density at radius 1 is 1.27 bits per heavy atom. The topological polar surface area (TPSA) is 71.2 Å². The van der Waals surface area contributed by atoms with Crippen LogP contribution in [0.5, 0.6) is 0 Å². The Kier molecular flexibility index (Phi) is 5.00. The first-order valence-electron chi connectivity index (χ1n) is 8.45. The number of likely N-dealkylation sites (tertiary alicyclic amines) is 1. The zero-order valence-corrected chi connectivity index (χ0v) is 16.4. The van der Waals surface area contributed by atoms with Crippen LogP contribution in [-0.2, 0) is 0 Å². The van der Waals surface area contributed by atoms with E-state index in [2.05, 4.69) is 15.0 Å². The Balaban J connectivity index is 1.70. The second-order valence-electron chi connectivity index (χ2n) is 6.62. The van der Waals surface area contributed by atoms with Gasteiger partial charge in [-0.25, -0.2) is 4.98 Å². The van der Waals surface area contributed by atoms with Crippen LogP contribution >= 0.6 is 35.0 Å². The molecule has 9 heteroatoms. The summed E-state index contributed by atoms with van der Waals surface area (Å²) in [6, 6.07) is 5.32. The predicted octanol–water partition coefficient (Wildman–Crippen LogP) is 3.21. The molecule has 1 aromatic heterocycles. The third-order valence-electron chi connectivity index (χ3n) is 4.83. The highest BCUT2D eigenvalue weighted by atomic mass is 35.5. The molecule has 26 heavy (non-hydrogen) atoms. The molecular formula is C17H18Cl2N4O2S. The van der Waals surface area contributed by atoms with Gasteiger partial charge in [0.2, 0.25) is 0 Å². The summed E-state index contributed by atoms with van der Waals surface area (Å²) in [5.74, 6) is 0.513. The van der Waals surface area contributed by atoms with Crippen LogP contribution in [0.4, 0.5) is 0 Å². The number of carbonyl (C=O) groups excluding carboxylic acids is 1. The highest BCUT2D eigenvalue weighted by molar-refractivity contribution is 8.00. The second-order valence-corrected chi connectivity index (χ2v) is 8.54. The largest absolute Gasteiger partial charge is 0.393 e. The maximum absolute atomic E-state index is 13.0. The van der Waals surface area contributed by atoms with Gasteiger partial charge in [-0.05, 0) is 37.5 Å². The Morgan fingerprint density at radius 3 is 2.65 bits per heavy atom. The third kappa shape index (κ3) is 3.27. The number of aliphatic hydroxyl groups is 1. The van der Waals surface area contributed by atoms with E-state index < -0.39 is 0 Å². The van der Waals surface area contributed by atoms with Crippen LogP contribution in [0.25, 0.3) is 0 Å². The molecule has 1 N–H and O–H groups in total. The summed E-state index contributed by atoms with van der Waals surface area (Å²) in [5, 5.41) is 15.3. The molecule has 2 aromatic rings. The van der Waals surface area contributed by atoms with Crippen molar-refractivity contribution >= 4 is 40.9 Å². The minimum Gasteiger partial charge on any atom is -0.393 e. The van der Waals surface area contributed by atoms with Crippen molar-refractivity contribution in [2.45, 2.75) is 42.3 Å². The number of aromatic nitrogens is 3. The van der Waals surface area contributed by atoms with Crippen molar-refractivity contribution in [2.75, 3.05) is 13.1 Å². The summed E-state index contributed by atoms with van der Waals surface area (Å²) in [5.41, 5.74) is 0.934. The van der Waals surface area contributed by atoms with E-state index in [1.54, 1.807) is 13.0 Å². The van der Waals surface area contributed by atoms with Gasteiger partial charge in [-0.2, -0.15) is 4.68 Å². The van der Waals surface area contributed by atoms with E-state index in [-0.39, 0.29) is 23.3 Å². The summed E-state index contributed by atoms with van der Waals surface area (Å²) in [6.07, 6.45) is 1.09. The molecule has 0 aliphatic carbocycles. The number of benzene rings is 1. The van der Waals surface area contributed by atoms with Crippen molar-refractivity contribution in [1.29, 1.82) is 0 Å². The zero-order chi connectivity index (χ0) is 18.4. The molecule has 2 atom stereocenters. The number of aliphatic hydroxyl groups excluding tert-OH is 1. The van der Waals surface area contributed by atoms with Gasteiger partial charge in [0.1, 0.15) is 11.1 Å². The van der Waals surface area contributed by atoms with Gasteiger partial charge in [0, 0.05) is 13.1 Å². The van der Waals surface area contributed by atoms with Crippen molar-refractivity contribution in [1.82, 2.24) is 19.7 Å². The Hall–Kier alpha value is -1.12. The smallest absolute Gasteiger partial charge is 0.264 e. The molecule has 1 fully saturated rings. The summed E-state index contributed by atoms with van der Waals surface area (Å²) in [4.78, 5) is 19.6. The molecule has 138 valence electrons. The van der Waals surface area contributed by atoms with Gasteiger partial charge in [0.25, 0.3) is 5.91 Å². The fraction of sp³-hybridized carbons (Fsp3) is 0.471. The number of hydrogen-bond donors (Lipinski definition) is 1. The lowest BCUT2D eigenvalue weighted by atomic mass is 9.97. The van der Waals surface area contributed by atoms with Gasteiger partial charge in [-0.3, -0.25) is 9.69 Å². The normalized spacial score (nSPS) is 22.6. The highest BCUT2D eigenvalue weighted by Gasteiger charge is 2.43. The fourth-order valence-electron chi connectivity index (χ4n) is 3.54. The lowest BCUT2D eigenvalue weighted by molar-refractivity contribution is 0.0551. The molecule has 0 amide bonds. The summed E-state index contributed by atoms with van der Waals surface area (Å²) in [6.45, 7) is 3.20. The number of thioether (sulfide) groups is 1. The van der Waals surface area contributed by atoms with Gasteiger partial charge >= 0.3 is 0 Å². The van der Waals surface area contributed by atoms with Gasteiger partial charge in [-0.15, -0.1) is 5.10 Å². The minimum atomic E-state index is -0.363. The molecule has 0 radical (unpaired) electrons. The van der Waals surface area contributed by atoms with Crippen molar-refractivity contribution in [3.05, 3.63) is 39.6 Å². The van der Waals surface area contributed by atoms with Gasteiger partial charge < -0.3 is 5.11 Å². The molecule has 2 unspecified atom stereocenters. The molecule has 4 rings (SSSR count). The van der Waals surface area contributed by atoms with Gasteiger partial charge in [-0.1, -0.05) is 41.0 Å². The lowest BCUT2D eigenvalue weighted by Crippen LogP contribution is -2.44. The van der Waals surface area contributed by atoms with Gasteiger partial charge in [0.15, 0.2) is 5.16 Å². The quantitative estimate of drug-likeness (QED) is 0.834. The monoisotopic (exact) mass is 412 g/mol. The number of halogens is 2. The van der Waals surface area contributed by atoms with Crippen LogP contribution in [0.3, 0.4) is 0 Å². The average Bonchev–Trinajstić information content (AvgIpc) is 3.11. The molecule has 0 saturated carbocycles. The first kappa shape index (κ1) is 18.3. The Labute approximate surface area is 165 Å². The highest BCUT2D eigenvalue weighted by Crippen LogP contribution is 2.42. The molecular weight excluding hydrogens is 395 g/mol. The number of rotatable bonds is 3. The van der Waals surface area contributed by atoms with E-state index >= 15 is 0 Å². The van der Waals surface area contributed by atoms with E-state index in [0.717, 1.165) is 5.56 Å². The minimum absolute atomic E-state index is 0.0761. The van der Waals surface area contributed by atoms with Crippen molar-refractivity contribution < 1.29 is 9.90 Å². The number of hydrogen-bond acceptors (Lipinski definition) is 6. The Morgan fingerprint density at radius 2 is 2.00 bits per heavy atom. The summed E-state index contributed by atoms with van der Waals surface area (Å²) in [7, 11) is 0. The maximum Gasteiger partial charge on any atom is 0.264 e. The summed E-state index contributed by atoms with van der Waals surface area (Å²) < 4.78 is 1.40. The maximum atomic E-state index is 13.0. The number of nitrogens with zero attached hydrogens (tertiary/aromatic N) is 4. The van der Waals surface area contributed by atoms with Gasteiger partial charge in [0.05, 0.1) is 22.2 Å². The SMILES string of the molecule is Cc1nc2n(n1)C(=O)C(C(c1ccc(Cl)c(Cl)c1)N1CCC(O)CC1)S2. The standard InChI is InChI=1S/C17H18Cl2N4O2S/c1-9-20-17-23(21-9)16(25)15(26-17)14(22-6-4-11(24)5-7-22)10-2-3-12(18)13(19)8-10/h2-3,8,11,14-15,24H,4-7H2,1H3. The number of aryl methyl sites for hydroxylation is 1. The number of piperidine rings is 1. The Bertz CT molecular complexity index is 851. The zero-order valence-electron chi connectivity index (χ0n) is 14.1. The lowest BCUT2D eigenvalue weighted by Gasteiger charge is -2.38. The summed E-state index contributed by atoms with van der Waals surface area (Å²) >= 11 is 13.7. The van der Waals surface area contributed by atoms with Crippen LogP contribution in [-0.4, -0.2) is 55.1 Å². The van der Waals surface area contributed by atoms with Crippen LogP contribution in [0, 0.1) is 6.92 Å². The molecule has 1 aromatic carbocycles. The van der Waals surface area contributed by atoms with Crippen LogP contribution in [0.15, 0.2) is 23.4 Å². The van der Waals surface area contributed by atoms with E-state index in [4.69, 9.17) is 23.2 Å². The average molecular weight is 413 g/mol. The molecule has 0 spiro atoms. The second kappa shape index (κ2) is 7.13. The first-order chi connectivity index (χ1) is 12.4. The number of carbonyl (C=O) groups is 1. The van der Waals surface area contributed by atoms with Crippen LogP contribution < -0.4 is 0 Å². The van der Waals surface area contributed by atoms with Crippen LogP contribution in [0.1, 0.15) is 35.1 Å². The first-order valence-corrected chi connectivity index (χ1v) is 10.1. The number of fused-ring (bicyclic) bond motifs is 1.